The van der Waals surface area contributed by atoms with Crippen LogP contribution in [0.5, 0.6) is 0 Å². The fourth-order valence-electron chi connectivity index (χ4n) is 5.05. The molecule has 3 fully saturated rings. The second-order valence-electron chi connectivity index (χ2n) is 8.75. The zero-order valence-electron chi connectivity index (χ0n) is 16.3. The molecule has 3 heterocycles. The van der Waals surface area contributed by atoms with E-state index in [1.54, 1.807) is 18.3 Å². The van der Waals surface area contributed by atoms with Crippen molar-refractivity contribution in [2.24, 2.45) is 5.41 Å². The third-order valence-corrected chi connectivity index (χ3v) is 6.95. The highest BCUT2D eigenvalue weighted by Crippen LogP contribution is 2.42. The highest BCUT2D eigenvalue weighted by atomic mass is 16.3. The first kappa shape index (κ1) is 19.2. The van der Waals surface area contributed by atoms with Crippen molar-refractivity contribution >= 4 is 17.6 Å². The summed E-state index contributed by atoms with van der Waals surface area (Å²) in [4.78, 5) is 33.3. The molecule has 1 spiro atoms. The molecule has 0 aromatic carbocycles. The maximum absolute atomic E-state index is 12.7. The number of likely N-dealkylation sites (tertiary alicyclic amines) is 2. The van der Waals surface area contributed by atoms with E-state index in [9.17, 15) is 14.7 Å². The van der Waals surface area contributed by atoms with Crippen LogP contribution in [0.1, 0.15) is 61.7 Å². The van der Waals surface area contributed by atoms with Gasteiger partial charge in [-0.2, -0.15) is 0 Å². The molecule has 1 aromatic rings. The molecule has 28 heavy (non-hydrogen) atoms. The quantitative estimate of drug-likeness (QED) is 0.807. The molecule has 2 saturated heterocycles. The van der Waals surface area contributed by atoms with Crippen LogP contribution in [0, 0.1) is 5.41 Å². The molecular formula is C21H30N4O3. The average molecular weight is 386 g/mol. The Kier molecular flexibility index (Phi) is 5.27. The number of pyridine rings is 1. The van der Waals surface area contributed by atoms with Gasteiger partial charge in [-0.3, -0.25) is 9.59 Å². The maximum atomic E-state index is 12.7. The third kappa shape index (κ3) is 3.85. The summed E-state index contributed by atoms with van der Waals surface area (Å²) < 4.78 is 0. The van der Waals surface area contributed by atoms with Crippen LogP contribution in [0.15, 0.2) is 18.3 Å². The number of piperidine rings is 2. The number of rotatable bonds is 2. The van der Waals surface area contributed by atoms with E-state index in [1.807, 2.05) is 4.90 Å². The second-order valence-corrected chi connectivity index (χ2v) is 8.75. The summed E-state index contributed by atoms with van der Waals surface area (Å²) in [5, 5.41) is 9.77. The van der Waals surface area contributed by atoms with E-state index in [2.05, 4.69) is 9.88 Å². The fraction of sp³-hybridized carbons (Fsp3) is 0.667. The van der Waals surface area contributed by atoms with Gasteiger partial charge in [-0.15, -0.1) is 0 Å². The third-order valence-electron chi connectivity index (χ3n) is 6.95. The Morgan fingerprint density at radius 1 is 1.14 bits per heavy atom. The predicted octanol–water partition coefficient (Wildman–Crippen LogP) is 1.81. The molecule has 7 heteroatoms. The Bertz CT molecular complexity index is 720. The van der Waals surface area contributed by atoms with Crippen molar-refractivity contribution in [3.05, 3.63) is 23.9 Å². The average Bonchev–Trinajstić information content (AvgIpc) is 2.71. The highest BCUT2D eigenvalue weighted by Gasteiger charge is 2.43. The molecule has 7 nitrogen and oxygen atoms in total. The molecular weight excluding hydrogens is 356 g/mol. The molecule has 0 atom stereocenters. The van der Waals surface area contributed by atoms with Gasteiger partial charge >= 0.3 is 0 Å². The highest BCUT2D eigenvalue weighted by molar-refractivity contribution is 5.94. The van der Waals surface area contributed by atoms with Crippen LogP contribution >= 0.6 is 0 Å². The monoisotopic (exact) mass is 386 g/mol. The number of nitrogens with zero attached hydrogens (tertiary/aromatic N) is 3. The number of aliphatic hydroxyl groups is 1. The Morgan fingerprint density at radius 2 is 1.86 bits per heavy atom. The summed E-state index contributed by atoms with van der Waals surface area (Å²) in [7, 11) is 0. The minimum atomic E-state index is -0.206. The molecule has 152 valence electrons. The van der Waals surface area contributed by atoms with E-state index < -0.39 is 0 Å². The van der Waals surface area contributed by atoms with Gasteiger partial charge in [0.15, 0.2) is 0 Å². The van der Waals surface area contributed by atoms with Crippen LogP contribution in [0.25, 0.3) is 0 Å². The molecule has 1 aromatic heterocycles. The van der Waals surface area contributed by atoms with Gasteiger partial charge in [0.25, 0.3) is 5.91 Å². The van der Waals surface area contributed by atoms with Gasteiger partial charge in [0.2, 0.25) is 5.91 Å². The Balaban J connectivity index is 1.38. The van der Waals surface area contributed by atoms with Crippen LogP contribution in [0.4, 0.5) is 5.82 Å². The topological polar surface area (TPSA) is 99.8 Å². The van der Waals surface area contributed by atoms with E-state index in [0.717, 1.165) is 51.5 Å². The lowest BCUT2D eigenvalue weighted by Crippen LogP contribution is -2.55. The van der Waals surface area contributed by atoms with E-state index in [0.29, 0.717) is 30.9 Å². The maximum Gasteiger partial charge on any atom is 0.255 e. The van der Waals surface area contributed by atoms with Crippen LogP contribution in [-0.2, 0) is 4.79 Å². The molecule has 0 bridgehead atoms. The van der Waals surface area contributed by atoms with Gasteiger partial charge in [0.05, 0.1) is 11.7 Å². The van der Waals surface area contributed by atoms with Crippen molar-refractivity contribution in [2.45, 2.75) is 63.5 Å². The molecule has 0 radical (unpaired) electrons. The molecule has 3 aliphatic rings. The number of nitrogen functional groups attached to an aromatic ring is 1. The number of aromatic nitrogens is 1. The SMILES string of the molecule is Nc1ccc(C(=O)N2CCC3(CCC(=O)N(C4CCC(O)CC4)C3)CC2)cn1. The molecule has 3 N–H and O–H groups in total. The smallest absolute Gasteiger partial charge is 0.255 e. The van der Waals surface area contributed by atoms with Gasteiger partial charge in [-0.25, -0.2) is 4.98 Å². The van der Waals surface area contributed by atoms with E-state index in [4.69, 9.17) is 5.73 Å². The first-order valence-electron chi connectivity index (χ1n) is 10.4. The van der Waals surface area contributed by atoms with Crippen LogP contribution < -0.4 is 5.73 Å². The van der Waals surface area contributed by atoms with Crippen molar-refractivity contribution < 1.29 is 14.7 Å². The van der Waals surface area contributed by atoms with Gasteiger partial charge in [-0.05, 0) is 62.5 Å². The largest absolute Gasteiger partial charge is 0.393 e. The standard InChI is InChI=1S/C21H30N4O3/c22-18-6-1-15(13-23-18)20(28)24-11-9-21(10-12-24)8-7-19(27)25(14-21)16-2-4-17(26)5-3-16/h1,6,13,16-17,26H,2-5,7-12,14H2,(H2,22,23). The molecule has 4 rings (SSSR count). The molecule has 2 aliphatic heterocycles. The van der Waals surface area contributed by atoms with Crippen molar-refractivity contribution in [1.82, 2.24) is 14.8 Å². The van der Waals surface area contributed by atoms with E-state index in [1.165, 1.54) is 0 Å². The minimum Gasteiger partial charge on any atom is -0.393 e. The molecule has 2 amide bonds. The van der Waals surface area contributed by atoms with Crippen molar-refractivity contribution in [3.8, 4) is 0 Å². The Hall–Kier alpha value is -2.15. The van der Waals surface area contributed by atoms with Gasteiger partial charge < -0.3 is 20.6 Å². The number of aliphatic hydroxyl groups excluding tert-OH is 1. The van der Waals surface area contributed by atoms with Gasteiger partial charge in [0, 0.05) is 38.3 Å². The van der Waals surface area contributed by atoms with E-state index in [-0.39, 0.29) is 29.4 Å². The summed E-state index contributed by atoms with van der Waals surface area (Å²) in [5.74, 6) is 0.683. The number of anilines is 1. The lowest BCUT2D eigenvalue weighted by molar-refractivity contribution is -0.143. The lowest BCUT2D eigenvalue weighted by atomic mass is 9.71. The minimum absolute atomic E-state index is 0.00681. The van der Waals surface area contributed by atoms with Crippen LogP contribution in [0.2, 0.25) is 0 Å². The predicted molar refractivity (Wildman–Crippen MR) is 105 cm³/mol. The normalized spacial score (nSPS) is 27.8. The summed E-state index contributed by atoms with van der Waals surface area (Å²) in [5.41, 5.74) is 6.31. The summed E-state index contributed by atoms with van der Waals surface area (Å²) >= 11 is 0. The lowest BCUT2D eigenvalue weighted by Gasteiger charge is -2.50. The molecule has 0 unspecified atom stereocenters. The summed E-state index contributed by atoms with van der Waals surface area (Å²) in [6.07, 6.45) is 8.11. The number of hydrogen-bond donors (Lipinski definition) is 2. The molecule has 1 saturated carbocycles. The number of hydrogen-bond acceptors (Lipinski definition) is 5. The Labute approximate surface area is 165 Å². The zero-order valence-corrected chi connectivity index (χ0v) is 16.3. The second kappa shape index (κ2) is 7.70. The first-order valence-corrected chi connectivity index (χ1v) is 10.4. The molecule has 1 aliphatic carbocycles. The van der Waals surface area contributed by atoms with Gasteiger partial charge in [0.1, 0.15) is 5.82 Å². The first-order chi connectivity index (χ1) is 13.5. The van der Waals surface area contributed by atoms with Crippen LogP contribution in [-0.4, -0.2) is 63.5 Å². The van der Waals surface area contributed by atoms with Crippen molar-refractivity contribution in [3.63, 3.8) is 0 Å². The van der Waals surface area contributed by atoms with E-state index >= 15 is 0 Å². The fourth-order valence-corrected chi connectivity index (χ4v) is 5.05. The summed E-state index contributed by atoms with van der Waals surface area (Å²) in [6, 6.07) is 3.66. The number of carbonyl (C=O) groups excluding carboxylic acids is 2. The van der Waals surface area contributed by atoms with Crippen molar-refractivity contribution in [1.29, 1.82) is 0 Å². The number of nitrogens with two attached hydrogens (primary N) is 1. The van der Waals surface area contributed by atoms with Crippen molar-refractivity contribution in [2.75, 3.05) is 25.4 Å². The zero-order chi connectivity index (χ0) is 19.7. The summed E-state index contributed by atoms with van der Waals surface area (Å²) in [6.45, 7) is 2.24. The number of carbonyl (C=O) groups is 2. The van der Waals surface area contributed by atoms with Gasteiger partial charge in [-0.1, -0.05) is 0 Å². The Morgan fingerprint density at radius 3 is 2.50 bits per heavy atom. The number of amides is 2. The van der Waals surface area contributed by atoms with Crippen LogP contribution in [0.3, 0.4) is 0 Å².